The summed E-state index contributed by atoms with van der Waals surface area (Å²) in [5.74, 6) is -0.640. The maximum absolute atomic E-state index is 14.1. The minimum Gasteiger partial charge on any atom is -0.410 e. The summed E-state index contributed by atoms with van der Waals surface area (Å²) in [7, 11) is -2.36. The van der Waals surface area contributed by atoms with E-state index in [4.69, 9.17) is 4.74 Å². The molecule has 0 radical (unpaired) electrons. The Morgan fingerprint density at radius 3 is 2.44 bits per heavy atom. The van der Waals surface area contributed by atoms with E-state index in [1.165, 1.54) is 43.4 Å². The Labute approximate surface area is 154 Å². The smallest absolute Gasteiger partial charge is 0.410 e. The number of hydrogen-bond acceptors (Lipinski definition) is 6. The first-order valence-electron chi connectivity index (χ1n) is 7.51. The predicted octanol–water partition coefficient (Wildman–Crippen LogP) is 2.42. The van der Waals surface area contributed by atoms with Gasteiger partial charge in [0.15, 0.2) is 0 Å². The second kappa shape index (κ2) is 7.99. The molecule has 144 valence electrons. The highest BCUT2D eigenvalue weighted by Gasteiger charge is 2.19. The van der Waals surface area contributed by atoms with Crippen molar-refractivity contribution in [2.24, 2.45) is 0 Å². The van der Waals surface area contributed by atoms with Gasteiger partial charge < -0.3 is 10.1 Å². The Hall–Kier alpha value is -3.21. The normalized spacial score (nSPS) is 10.9. The maximum atomic E-state index is 14.1. The number of hydrogen-bond donors (Lipinski definition) is 1. The molecular formula is C16H16FN3O6S. The lowest BCUT2D eigenvalue weighted by Gasteiger charge is -2.20. The lowest BCUT2D eigenvalue weighted by atomic mass is 10.1. The SMILES string of the molecule is CN(c1cccc(F)c1CNC(=O)Oc1ccc([N+](=O)[O-])cc1)S(C)(=O)=O. The van der Waals surface area contributed by atoms with Crippen LogP contribution in [0, 0.1) is 15.9 Å². The third-order valence-corrected chi connectivity index (χ3v) is 4.79. The lowest BCUT2D eigenvalue weighted by molar-refractivity contribution is -0.384. The number of halogens is 1. The Morgan fingerprint density at radius 1 is 1.26 bits per heavy atom. The van der Waals surface area contributed by atoms with E-state index >= 15 is 0 Å². The van der Waals surface area contributed by atoms with E-state index < -0.39 is 26.9 Å². The highest BCUT2D eigenvalue weighted by molar-refractivity contribution is 7.92. The van der Waals surface area contributed by atoms with Crippen LogP contribution in [0.3, 0.4) is 0 Å². The Balaban J connectivity index is 2.10. The van der Waals surface area contributed by atoms with Crippen molar-refractivity contribution < 1.29 is 27.3 Å². The number of carbonyl (C=O) groups excluding carboxylic acids is 1. The predicted molar refractivity (Wildman–Crippen MR) is 95.6 cm³/mol. The van der Waals surface area contributed by atoms with E-state index in [2.05, 4.69) is 5.32 Å². The van der Waals surface area contributed by atoms with Gasteiger partial charge >= 0.3 is 6.09 Å². The molecule has 11 heteroatoms. The summed E-state index contributed by atoms with van der Waals surface area (Å²) in [5.41, 5.74) is -0.123. The molecule has 1 amide bonds. The number of benzene rings is 2. The minimum atomic E-state index is -3.63. The van der Waals surface area contributed by atoms with E-state index in [9.17, 15) is 27.7 Å². The molecule has 0 aromatic heterocycles. The summed E-state index contributed by atoms with van der Waals surface area (Å²) in [6.45, 7) is -0.326. The van der Waals surface area contributed by atoms with Gasteiger partial charge in [-0.15, -0.1) is 0 Å². The van der Waals surface area contributed by atoms with Crippen LogP contribution >= 0.6 is 0 Å². The number of sulfonamides is 1. The van der Waals surface area contributed by atoms with Crippen molar-refractivity contribution >= 4 is 27.5 Å². The van der Waals surface area contributed by atoms with Gasteiger partial charge in [-0.3, -0.25) is 14.4 Å². The number of nitro benzene ring substituents is 1. The molecule has 0 spiro atoms. The van der Waals surface area contributed by atoms with Gasteiger partial charge in [-0.25, -0.2) is 17.6 Å². The zero-order valence-corrected chi connectivity index (χ0v) is 15.2. The Kier molecular flexibility index (Phi) is 5.95. The number of anilines is 1. The van der Waals surface area contributed by atoms with Crippen LogP contribution in [0.2, 0.25) is 0 Å². The molecule has 0 unspecified atom stereocenters. The number of non-ortho nitro benzene ring substituents is 1. The number of nitro groups is 1. The molecule has 2 aromatic carbocycles. The molecule has 0 heterocycles. The van der Waals surface area contributed by atoms with Crippen molar-refractivity contribution in [3.05, 3.63) is 64.0 Å². The fraction of sp³-hybridized carbons (Fsp3) is 0.188. The van der Waals surface area contributed by atoms with Crippen LogP contribution in [0.4, 0.5) is 20.6 Å². The molecule has 2 rings (SSSR count). The van der Waals surface area contributed by atoms with Crippen LogP contribution in [-0.2, 0) is 16.6 Å². The summed E-state index contributed by atoms with van der Waals surface area (Å²) in [4.78, 5) is 21.9. The van der Waals surface area contributed by atoms with E-state index in [1.54, 1.807) is 0 Å². The van der Waals surface area contributed by atoms with Gasteiger partial charge in [-0.2, -0.15) is 0 Å². The first kappa shape index (κ1) is 20.1. The molecule has 0 fully saturated rings. The molecule has 0 aliphatic carbocycles. The van der Waals surface area contributed by atoms with Crippen LogP contribution in [0.15, 0.2) is 42.5 Å². The van der Waals surface area contributed by atoms with Crippen LogP contribution in [0.5, 0.6) is 5.75 Å². The second-order valence-corrected chi connectivity index (χ2v) is 7.48. The van der Waals surface area contributed by atoms with Gasteiger partial charge in [0, 0.05) is 24.7 Å². The topological polar surface area (TPSA) is 119 Å². The summed E-state index contributed by atoms with van der Waals surface area (Å²) >= 11 is 0. The molecule has 2 aromatic rings. The van der Waals surface area contributed by atoms with Crippen LogP contribution in [0.25, 0.3) is 0 Å². The van der Waals surface area contributed by atoms with Crippen molar-refractivity contribution in [3.8, 4) is 5.75 Å². The molecule has 0 saturated carbocycles. The summed E-state index contributed by atoms with van der Waals surface area (Å²) in [6, 6.07) is 8.71. The molecule has 9 nitrogen and oxygen atoms in total. The molecule has 0 saturated heterocycles. The highest BCUT2D eigenvalue weighted by atomic mass is 32.2. The van der Waals surface area contributed by atoms with Gasteiger partial charge in [-0.1, -0.05) is 6.07 Å². The van der Waals surface area contributed by atoms with Crippen molar-refractivity contribution in [3.63, 3.8) is 0 Å². The van der Waals surface area contributed by atoms with Gasteiger partial charge in [0.05, 0.1) is 23.4 Å². The van der Waals surface area contributed by atoms with E-state index in [-0.39, 0.29) is 29.2 Å². The molecule has 0 aliphatic heterocycles. The Bertz CT molecular complexity index is 963. The van der Waals surface area contributed by atoms with E-state index in [0.29, 0.717) is 0 Å². The minimum absolute atomic E-state index is 0.0360. The zero-order chi connectivity index (χ0) is 20.2. The van der Waals surface area contributed by atoms with Crippen molar-refractivity contribution in [2.75, 3.05) is 17.6 Å². The third-order valence-electron chi connectivity index (χ3n) is 3.60. The fourth-order valence-corrected chi connectivity index (χ4v) is 2.66. The van der Waals surface area contributed by atoms with Gasteiger partial charge in [0.25, 0.3) is 5.69 Å². The largest absolute Gasteiger partial charge is 0.412 e. The number of carbonyl (C=O) groups is 1. The number of nitrogens with zero attached hydrogens (tertiary/aromatic N) is 2. The highest BCUT2D eigenvalue weighted by Crippen LogP contribution is 2.24. The van der Waals surface area contributed by atoms with Crippen LogP contribution in [0.1, 0.15) is 5.56 Å². The second-order valence-electron chi connectivity index (χ2n) is 5.46. The van der Waals surface area contributed by atoms with E-state index in [1.807, 2.05) is 0 Å². The molecule has 0 aliphatic rings. The molecular weight excluding hydrogens is 381 g/mol. The number of nitrogens with one attached hydrogen (secondary N) is 1. The molecule has 0 bridgehead atoms. The summed E-state index contributed by atoms with van der Waals surface area (Å²) in [6.07, 6.45) is 0.0397. The van der Waals surface area contributed by atoms with E-state index in [0.717, 1.165) is 16.6 Å². The number of rotatable bonds is 6. The average Bonchev–Trinajstić information content (AvgIpc) is 2.59. The Morgan fingerprint density at radius 2 is 1.89 bits per heavy atom. The first-order chi connectivity index (χ1) is 12.6. The first-order valence-corrected chi connectivity index (χ1v) is 9.36. The van der Waals surface area contributed by atoms with Crippen molar-refractivity contribution in [1.29, 1.82) is 0 Å². The quantitative estimate of drug-likeness (QED) is 0.591. The maximum Gasteiger partial charge on any atom is 0.412 e. The van der Waals surface area contributed by atoms with Gasteiger partial charge in [0.2, 0.25) is 10.0 Å². The zero-order valence-electron chi connectivity index (χ0n) is 14.4. The third kappa shape index (κ3) is 5.14. The average molecular weight is 397 g/mol. The lowest BCUT2D eigenvalue weighted by Crippen LogP contribution is -2.30. The molecule has 27 heavy (non-hydrogen) atoms. The monoisotopic (exact) mass is 397 g/mol. The number of ether oxygens (including phenoxy) is 1. The fourth-order valence-electron chi connectivity index (χ4n) is 2.14. The molecule has 0 atom stereocenters. The summed E-state index contributed by atoms with van der Waals surface area (Å²) < 4.78 is 43.4. The van der Waals surface area contributed by atoms with Crippen molar-refractivity contribution in [1.82, 2.24) is 5.32 Å². The molecule has 1 N–H and O–H groups in total. The van der Waals surface area contributed by atoms with Crippen LogP contribution < -0.4 is 14.4 Å². The standard InChI is InChI=1S/C16H16FN3O6S/c1-19(27(2,24)25)15-5-3-4-14(17)13(15)10-18-16(21)26-12-8-6-11(7-9-12)20(22)23/h3-9H,10H2,1-2H3,(H,18,21). The van der Waals surface area contributed by atoms with Gasteiger partial charge in [-0.05, 0) is 24.3 Å². The number of amides is 1. The van der Waals surface area contributed by atoms with Crippen LogP contribution in [-0.4, -0.2) is 32.7 Å². The van der Waals surface area contributed by atoms with Gasteiger partial charge in [0.1, 0.15) is 11.6 Å². The summed E-state index contributed by atoms with van der Waals surface area (Å²) in [5, 5.41) is 12.9. The van der Waals surface area contributed by atoms with Crippen molar-refractivity contribution in [2.45, 2.75) is 6.54 Å².